The van der Waals surface area contributed by atoms with Crippen LogP contribution in [-0.4, -0.2) is 14.4 Å². The highest BCUT2D eigenvalue weighted by Crippen LogP contribution is 2.30. The SMILES string of the molecule is O=[N+]([O-])C1=C([N+](=O)[O-])c2ccccc2[S+]([O-])N1. The van der Waals surface area contributed by atoms with Crippen molar-refractivity contribution in [2.45, 2.75) is 4.90 Å². The fourth-order valence-electron chi connectivity index (χ4n) is 1.45. The number of hydrogen-bond donors (Lipinski definition) is 1. The van der Waals surface area contributed by atoms with Gasteiger partial charge in [-0.3, -0.25) is 10.1 Å². The van der Waals surface area contributed by atoms with Crippen molar-refractivity contribution in [1.29, 1.82) is 0 Å². The minimum atomic E-state index is -1.86. The van der Waals surface area contributed by atoms with E-state index in [-0.39, 0.29) is 10.5 Å². The predicted molar refractivity (Wildman–Crippen MR) is 56.9 cm³/mol. The summed E-state index contributed by atoms with van der Waals surface area (Å²) in [5.74, 6) is -0.855. The molecule has 17 heavy (non-hydrogen) atoms. The van der Waals surface area contributed by atoms with Crippen LogP contribution >= 0.6 is 0 Å². The largest absolute Gasteiger partial charge is 0.572 e. The molecule has 88 valence electrons. The molecule has 0 spiro atoms. The average Bonchev–Trinajstić information content (AvgIpc) is 2.28. The molecule has 2 rings (SSSR count). The second-order valence-electron chi connectivity index (χ2n) is 3.08. The van der Waals surface area contributed by atoms with Crippen molar-refractivity contribution in [3.05, 3.63) is 55.9 Å². The van der Waals surface area contributed by atoms with Gasteiger partial charge in [0.1, 0.15) is 5.56 Å². The molecule has 1 unspecified atom stereocenters. The Labute approximate surface area is 97.6 Å². The van der Waals surface area contributed by atoms with E-state index >= 15 is 0 Å². The summed E-state index contributed by atoms with van der Waals surface area (Å²) in [6, 6.07) is 5.78. The van der Waals surface area contributed by atoms with Crippen molar-refractivity contribution >= 4 is 17.1 Å². The van der Waals surface area contributed by atoms with E-state index in [1.54, 1.807) is 6.07 Å². The molecule has 8 nitrogen and oxygen atoms in total. The Morgan fingerprint density at radius 2 is 1.76 bits per heavy atom. The zero-order valence-electron chi connectivity index (χ0n) is 8.15. The van der Waals surface area contributed by atoms with Crippen molar-refractivity contribution in [2.24, 2.45) is 0 Å². The summed E-state index contributed by atoms with van der Waals surface area (Å²) >= 11 is -1.86. The maximum absolute atomic E-state index is 11.6. The van der Waals surface area contributed by atoms with E-state index in [4.69, 9.17) is 0 Å². The molecule has 1 aromatic rings. The van der Waals surface area contributed by atoms with Crippen molar-refractivity contribution in [3.63, 3.8) is 0 Å². The number of nitrogens with one attached hydrogen (secondary N) is 1. The summed E-state index contributed by atoms with van der Waals surface area (Å²) < 4.78 is 13.6. The molecule has 1 aliphatic heterocycles. The number of nitrogens with zero attached hydrogens (tertiary/aromatic N) is 2. The molecule has 1 aromatic carbocycles. The van der Waals surface area contributed by atoms with Gasteiger partial charge in [-0.1, -0.05) is 16.9 Å². The van der Waals surface area contributed by atoms with Gasteiger partial charge in [-0.15, -0.1) is 0 Å². The third kappa shape index (κ3) is 1.81. The van der Waals surface area contributed by atoms with Crippen molar-refractivity contribution < 1.29 is 14.4 Å². The van der Waals surface area contributed by atoms with Gasteiger partial charge in [0, 0.05) is 0 Å². The minimum absolute atomic E-state index is 0.00119. The Hall–Kier alpha value is -2.13. The van der Waals surface area contributed by atoms with Gasteiger partial charge in [-0.05, 0) is 17.1 Å². The smallest absolute Gasteiger partial charge is 0.441 e. The summed E-state index contributed by atoms with van der Waals surface area (Å²) in [7, 11) is 0. The molecule has 0 aliphatic carbocycles. The van der Waals surface area contributed by atoms with Gasteiger partial charge in [0.05, 0.1) is 4.92 Å². The first-order chi connectivity index (χ1) is 8.02. The molecule has 1 N–H and O–H groups in total. The molecule has 0 bridgehead atoms. The van der Waals surface area contributed by atoms with Crippen LogP contribution in [0.3, 0.4) is 0 Å². The van der Waals surface area contributed by atoms with Crippen molar-refractivity contribution in [1.82, 2.24) is 4.72 Å². The Kier molecular flexibility index (Phi) is 2.69. The average molecular weight is 255 g/mol. The van der Waals surface area contributed by atoms with Crippen LogP contribution in [0.1, 0.15) is 5.56 Å². The third-order valence-corrected chi connectivity index (χ3v) is 3.25. The van der Waals surface area contributed by atoms with Gasteiger partial charge < -0.3 is 14.7 Å². The first kappa shape index (κ1) is 11.4. The first-order valence-corrected chi connectivity index (χ1v) is 5.48. The molecule has 1 aliphatic rings. The molecule has 0 radical (unpaired) electrons. The van der Waals surface area contributed by atoms with E-state index < -0.39 is 32.7 Å². The highest BCUT2D eigenvalue weighted by atomic mass is 32.2. The lowest BCUT2D eigenvalue weighted by molar-refractivity contribution is -0.448. The van der Waals surface area contributed by atoms with Gasteiger partial charge in [-0.25, -0.2) is 0 Å². The summed E-state index contributed by atoms with van der Waals surface area (Å²) in [6.45, 7) is 0. The van der Waals surface area contributed by atoms with E-state index in [0.29, 0.717) is 0 Å². The summed E-state index contributed by atoms with van der Waals surface area (Å²) in [4.78, 5) is 19.9. The Morgan fingerprint density at radius 1 is 1.12 bits per heavy atom. The predicted octanol–water partition coefficient (Wildman–Crippen LogP) is 0.492. The number of hydrogen-bond acceptors (Lipinski definition) is 6. The highest BCUT2D eigenvalue weighted by molar-refractivity contribution is 7.89. The summed E-state index contributed by atoms with van der Waals surface area (Å²) in [5, 5.41) is 21.5. The van der Waals surface area contributed by atoms with Gasteiger partial charge in [-0.2, -0.15) is 0 Å². The second-order valence-corrected chi connectivity index (χ2v) is 4.26. The van der Waals surface area contributed by atoms with E-state index in [1.165, 1.54) is 18.2 Å². The topological polar surface area (TPSA) is 121 Å². The summed E-state index contributed by atoms with van der Waals surface area (Å²) in [5.41, 5.74) is -0.675. The minimum Gasteiger partial charge on any atom is -0.572 e. The molecule has 0 fully saturated rings. The molecule has 1 heterocycles. The quantitative estimate of drug-likeness (QED) is 0.466. The van der Waals surface area contributed by atoms with Crippen LogP contribution in [0.15, 0.2) is 35.0 Å². The van der Waals surface area contributed by atoms with Gasteiger partial charge in [0.15, 0.2) is 11.4 Å². The van der Waals surface area contributed by atoms with Crippen LogP contribution in [-0.2, 0) is 11.4 Å². The molecule has 0 amide bonds. The molecular weight excluding hydrogens is 250 g/mol. The standard InChI is InChI=1S/C8H5N3O5S/c12-10(13)7-5-3-1-2-4-6(5)17(16)9-8(7)11(14)15/h1-4,9H. The number of benzene rings is 1. The zero-order valence-corrected chi connectivity index (χ0v) is 8.97. The van der Waals surface area contributed by atoms with Crippen molar-refractivity contribution in [2.75, 3.05) is 0 Å². The molecule has 1 atom stereocenters. The van der Waals surface area contributed by atoms with Gasteiger partial charge in [0.2, 0.25) is 4.90 Å². The van der Waals surface area contributed by atoms with Crippen LogP contribution in [0.2, 0.25) is 0 Å². The van der Waals surface area contributed by atoms with Crippen LogP contribution in [0.4, 0.5) is 0 Å². The van der Waals surface area contributed by atoms with E-state index in [9.17, 15) is 24.8 Å². The number of nitro groups is 2. The normalized spacial score (nSPS) is 18.3. The van der Waals surface area contributed by atoms with E-state index in [0.717, 1.165) is 0 Å². The molecule has 0 saturated carbocycles. The van der Waals surface area contributed by atoms with Crippen LogP contribution in [0.5, 0.6) is 0 Å². The van der Waals surface area contributed by atoms with Crippen molar-refractivity contribution in [3.8, 4) is 0 Å². The highest BCUT2D eigenvalue weighted by Gasteiger charge is 2.43. The van der Waals surface area contributed by atoms with Gasteiger partial charge in [0.25, 0.3) is 0 Å². The Balaban J connectivity index is 2.72. The fraction of sp³-hybridized carbons (Fsp3) is 0. The number of rotatable bonds is 2. The maximum atomic E-state index is 11.6. The molecule has 9 heteroatoms. The van der Waals surface area contributed by atoms with Crippen LogP contribution in [0, 0.1) is 20.2 Å². The first-order valence-electron chi connectivity index (χ1n) is 4.33. The zero-order chi connectivity index (χ0) is 12.6. The monoisotopic (exact) mass is 255 g/mol. The molecule has 0 saturated heterocycles. The Morgan fingerprint density at radius 3 is 2.35 bits per heavy atom. The second kappa shape index (κ2) is 4.03. The van der Waals surface area contributed by atoms with E-state index in [1.807, 2.05) is 4.72 Å². The van der Waals surface area contributed by atoms with Crippen LogP contribution < -0.4 is 4.72 Å². The summed E-state index contributed by atoms with van der Waals surface area (Å²) in [6.07, 6.45) is 0. The van der Waals surface area contributed by atoms with E-state index in [2.05, 4.69) is 0 Å². The van der Waals surface area contributed by atoms with Crippen LogP contribution in [0.25, 0.3) is 5.70 Å². The lowest BCUT2D eigenvalue weighted by Gasteiger charge is -2.14. The molecule has 0 aromatic heterocycles. The Bertz CT molecular complexity index is 544. The maximum Gasteiger partial charge on any atom is 0.441 e. The molecular formula is C8H5N3O5S. The fourth-order valence-corrected chi connectivity index (χ4v) is 2.47. The lowest BCUT2D eigenvalue weighted by atomic mass is 10.1. The third-order valence-electron chi connectivity index (χ3n) is 2.12. The van der Waals surface area contributed by atoms with Gasteiger partial charge >= 0.3 is 11.5 Å². The number of fused-ring (bicyclic) bond motifs is 1. The lowest BCUT2D eigenvalue weighted by Crippen LogP contribution is -2.34.